The Morgan fingerprint density at radius 2 is 2.11 bits per heavy atom. The molecule has 0 aromatic carbocycles. The van der Waals surface area contributed by atoms with Gasteiger partial charge in [0.2, 0.25) is 10.0 Å². The molecule has 18 heavy (non-hydrogen) atoms. The van der Waals surface area contributed by atoms with E-state index in [0.29, 0.717) is 5.69 Å². The highest BCUT2D eigenvalue weighted by atomic mass is 79.9. The average Bonchev–Trinajstić information content (AvgIpc) is 2.64. The molecule has 1 aromatic rings. The molecule has 1 saturated carbocycles. The van der Waals surface area contributed by atoms with E-state index < -0.39 is 10.0 Å². The number of alkyl halides is 1. The first kappa shape index (κ1) is 14.0. The summed E-state index contributed by atoms with van der Waals surface area (Å²) in [5, 5.41) is 6.42. The lowest BCUT2D eigenvalue weighted by Gasteiger charge is -2.21. The monoisotopic (exact) mass is 335 g/mol. The molecule has 2 N–H and O–H groups in total. The van der Waals surface area contributed by atoms with E-state index in [1.54, 1.807) is 6.92 Å². The number of rotatable bonds is 3. The molecule has 102 valence electrons. The summed E-state index contributed by atoms with van der Waals surface area (Å²) < 4.78 is 27.3. The van der Waals surface area contributed by atoms with E-state index in [0.717, 1.165) is 25.7 Å². The lowest BCUT2D eigenvalue weighted by atomic mass is 10.1. The number of nitrogens with one attached hydrogen (secondary N) is 2. The molecule has 2 rings (SSSR count). The van der Waals surface area contributed by atoms with Gasteiger partial charge in [-0.3, -0.25) is 5.10 Å². The Labute approximate surface area is 116 Å². The van der Waals surface area contributed by atoms with E-state index >= 15 is 0 Å². The van der Waals surface area contributed by atoms with Gasteiger partial charge in [-0.1, -0.05) is 35.2 Å². The molecular formula is C11H18BrN3O2S. The van der Waals surface area contributed by atoms with Gasteiger partial charge in [0, 0.05) is 10.9 Å². The number of hydrogen-bond donors (Lipinski definition) is 2. The molecule has 5 nitrogen and oxygen atoms in total. The van der Waals surface area contributed by atoms with E-state index in [2.05, 4.69) is 30.8 Å². The average molecular weight is 336 g/mol. The van der Waals surface area contributed by atoms with E-state index in [4.69, 9.17) is 0 Å². The molecule has 1 aliphatic rings. The standard InChI is InChI=1S/C11H18BrN3O2S/c1-8-11(7-13-14-8)18(16,17)15-10-6-4-2-3-5-9(10)12/h7,9-10,15H,2-6H2,1H3,(H,13,14). The van der Waals surface area contributed by atoms with Crippen molar-refractivity contribution >= 4 is 26.0 Å². The van der Waals surface area contributed by atoms with Gasteiger partial charge in [-0.05, 0) is 19.8 Å². The second-order valence-electron chi connectivity index (χ2n) is 4.74. The molecule has 2 atom stereocenters. The minimum atomic E-state index is -3.47. The van der Waals surface area contributed by atoms with Gasteiger partial charge < -0.3 is 0 Å². The van der Waals surface area contributed by atoms with Crippen LogP contribution < -0.4 is 4.72 Å². The topological polar surface area (TPSA) is 74.8 Å². The Balaban J connectivity index is 2.15. The van der Waals surface area contributed by atoms with Crippen molar-refractivity contribution in [3.63, 3.8) is 0 Å². The van der Waals surface area contributed by atoms with Gasteiger partial charge in [-0.15, -0.1) is 0 Å². The van der Waals surface area contributed by atoms with E-state index in [9.17, 15) is 8.42 Å². The number of nitrogens with zero attached hydrogens (tertiary/aromatic N) is 1. The van der Waals surface area contributed by atoms with Crippen LogP contribution in [0.25, 0.3) is 0 Å². The van der Waals surface area contributed by atoms with Gasteiger partial charge in [-0.2, -0.15) is 5.10 Å². The summed E-state index contributed by atoms with van der Waals surface area (Å²) >= 11 is 3.59. The summed E-state index contributed by atoms with van der Waals surface area (Å²) in [7, 11) is -3.47. The Hall–Kier alpha value is -0.400. The largest absolute Gasteiger partial charge is 0.281 e. The molecule has 0 spiro atoms. The van der Waals surface area contributed by atoms with Gasteiger partial charge in [0.05, 0.1) is 11.9 Å². The summed E-state index contributed by atoms with van der Waals surface area (Å²) in [6.45, 7) is 1.71. The number of aromatic nitrogens is 2. The highest BCUT2D eigenvalue weighted by Gasteiger charge is 2.28. The van der Waals surface area contributed by atoms with E-state index in [1.165, 1.54) is 12.6 Å². The molecule has 0 amide bonds. The number of H-pyrrole nitrogens is 1. The third-order valence-corrected chi connectivity index (χ3v) is 6.01. The zero-order valence-electron chi connectivity index (χ0n) is 10.3. The van der Waals surface area contributed by atoms with Crippen molar-refractivity contribution in [1.29, 1.82) is 0 Å². The number of aromatic amines is 1. The number of halogens is 1. The van der Waals surface area contributed by atoms with Crippen LogP contribution in [0.3, 0.4) is 0 Å². The van der Waals surface area contributed by atoms with E-state index in [-0.39, 0.29) is 15.8 Å². The lowest BCUT2D eigenvalue weighted by molar-refractivity contribution is 0.520. The van der Waals surface area contributed by atoms with Gasteiger partial charge in [0.25, 0.3) is 0 Å². The molecule has 0 bridgehead atoms. The SMILES string of the molecule is Cc1[nH]ncc1S(=O)(=O)NC1CCCCCC1Br. The molecule has 1 aromatic heterocycles. The lowest BCUT2D eigenvalue weighted by Crippen LogP contribution is -2.40. The zero-order chi connectivity index (χ0) is 13.2. The summed E-state index contributed by atoms with van der Waals surface area (Å²) in [5.41, 5.74) is 0.572. The predicted octanol–water partition coefficient (Wildman–Crippen LogP) is 2.09. The van der Waals surface area contributed by atoms with Crippen molar-refractivity contribution in [3.8, 4) is 0 Å². The highest BCUT2D eigenvalue weighted by Crippen LogP contribution is 2.25. The number of sulfonamides is 1. The fourth-order valence-electron chi connectivity index (χ4n) is 2.27. The minimum absolute atomic E-state index is 0.0354. The fourth-order valence-corrected chi connectivity index (χ4v) is 4.61. The van der Waals surface area contributed by atoms with E-state index in [1.807, 2.05) is 0 Å². The van der Waals surface area contributed by atoms with Crippen molar-refractivity contribution in [2.45, 2.75) is 54.8 Å². The quantitative estimate of drug-likeness (QED) is 0.656. The molecular weight excluding hydrogens is 318 g/mol. The van der Waals surface area contributed by atoms with Crippen LogP contribution >= 0.6 is 15.9 Å². The number of hydrogen-bond acceptors (Lipinski definition) is 3. The second-order valence-corrected chi connectivity index (χ2v) is 7.60. The van der Waals surface area contributed by atoms with Gasteiger partial charge in [0.15, 0.2) is 0 Å². The molecule has 7 heteroatoms. The third kappa shape index (κ3) is 3.13. The molecule has 2 unspecified atom stereocenters. The van der Waals surface area contributed by atoms with Crippen molar-refractivity contribution < 1.29 is 8.42 Å². The summed E-state index contributed by atoms with van der Waals surface area (Å²) in [5.74, 6) is 0. The summed E-state index contributed by atoms with van der Waals surface area (Å²) in [4.78, 5) is 0.452. The van der Waals surface area contributed by atoms with Crippen LogP contribution in [0.15, 0.2) is 11.1 Å². The molecule has 0 radical (unpaired) electrons. The maximum atomic E-state index is 12.2. The zero-order valence-corrected chi connectivity index (χ0v) is 12.7. The molecule has 1 aliphatic carbocycles. The molecule has 1 fully saturated rings. The van der Waals surface area contributed by atoms with Crippen molar-refractivity contribution in [1.82, 2.24) is 14.9 Å². The Bertz CT molecular complexity index is 500. The summed E-state index contributed by atoms with van der Waals surface area (Å²) in [6, 6.07) is -0.0354. The molecule has 0 saturated heterocycles. The summed E-state index contributed by atoms with van der Waals surface area (Å²) in [6.07, 6.45) is 6.64. The highest BCUT2D eigenvalue weighted by molar-refractivity contribution is 9.09. The van der Waals surface area contributed by atoms with Crippen molar-refractivity contribution in [2.75, 3.05) is 0 Å². The van der Waals surface area contributed by atoms with Crippen LogP contribution in [0.5, 0.6) is 0 Å². The predicted molar refractivity (Wildman–Crippen MR) is 73.2 cm³/mol. The molecule has 1 heterocycles. The normalized spacial score (nSPS) is 25.9. The van der Waals surface area contributed by atoms with Crippen LogP contribution in [0.1, 0.15) is 37.8 Å². The van der Waals surface area contributed by atoms with Crippen molar-refractivity contribution in [3.05, 3.63) is 11.9 Å². The van der Waals surface area contributed by atoms with Crippen molar-refractivity contribution in [2.24, 2.45) is 0 Å². The van der Waals surface area contributed by atoms with Crippen LogP contribution in [0, 0.1) is 6.92 Å². The number of aryl methyl sites for hydroxylation is 1. The smallest absolute Gasteiger partial charge is 0.244 e. The first-order valence-electron chi connectivity index (χ1n) is 6.17. The van der Waals surface area contributed by atoms with Gasteiger partial charge in [-0.25, -0.2) is 13.1 Å². The van der Waals surface area contributed by atoms with Gasteiger partial charge >= 0.3 is 0 Å². The van der Waals surface area contributed by atoms with Crippen LogP contribution in [0.2, 0.25) is 0 Å². The fraction of sp³-hybridized carbons (Fsp3) is 0.727. The van der Waals surface area contributed by atoms with Crippen LogP contribution in [-0.2, 0) is 10.0 Å². The first-order valence-corrected chi connectivity index (χ1v) is 8.57. The third-order valence-electron chi connectivity index (χ3n) is 3.31. The molecule has 0 aliphatic heterocycles. The van der Waals surface area contributed by atoms with Crippen LogP contribution in [0.4, 0.5) is 0 Å². The Kier molecular flexibility index (Phi) is 4.45. The maximum absolute atomic E-state index is 12.2. The van der Waals surface area contributed by atoms with Crippen LogP contribution in [-0.4, -0.2) is 29.5 Å². The first-order chi connectivity index (χ1) is 8.50. The maximum Gasteiger partial charge on any atom is 0.244 e. The Morgan fingerprint density at radius 3 is 2.78 bits per heavy atom. The Morgan fingerprint density at radius 1 is 1.39 bits per heavy atom. The second kappa shape index (κ2) is 5.71. The van der Waals surface area contributed by atoms with Gasteiger partial charge in [0.1, 0.15) is 4.90 Å². The minimum Gasteiger partial charge on any atom is -0.281 e.